The number of carboxylic acids is 1. The topological polar surface area (TPSA) is 66.4 Å². The van der Waals surface area contributed by atoms with Gasteiger partial charge in [0.05, 0.1) is 6.42 Å². The van der Waals surface area contributed by atoms with Crippen LogP contribution in [0.4, 0.5) is 8.78 Å². The smallest absolute Gasteiger partial charge is 0.305 e. The molecule has 0 bridgehead atoms. The van der Waals surface area contributed by atoms with E-state index in [2.05, 4.69) is 21.2 Å². The van der Waals surface area contributed by atoms with E-state index in [-0.39, 0.29) is 10.9 Å². The minimum atomic E-state index is -1.11. The molecule has 0 aliphatic rings. The zero-order chi connectivity index (χ0) is 13.9. The Morgan fingerprint density at radius 1 is 1.39 bits per heavy atom. The maximum Gasteiger partial charge on any atom is 0.305 e. The van der Waals surface area contributed by atoms with Crippen molar-refractivity contribution in [3.63, 3.8) is 0 Å². The van der Waals surface area contributed by atoms with Gasteiger partial charge in [0.15, 0.2) is 0 Å². The molecule has 18 heavy (non-hydrogen) atoms. The second kappa shape index (κ2) is 5.90. The Morgan fingerprint density at radius 2 is 1.89 bits per heavy atom. The number of amides is 1. The maximum absolute atomic E-state index is 13.4. The van der Waals surface area contributed by atoms with E-state index >= 15 is 0 Å². The minimum Gasteiger partial charge on any atom is -0.481 e. The van der Waals surface area contributed by atoms with Gasteiger partial charge in [-0.05, 0) is 19.1 Å². The highest BCUT2D eigenvalue weighted by atomic mass is 79.9. The van der Waals surface area contributed by atoms with Crippen LogP contribution in [0, 0.1) is 11.6 Å². The fraction of sp³-hybridized carbons (Fsp3) is 0.273. The number of halogens is 3. The number of hydrogen-bond acceptors (Lipinski definition) is 2. The largest absolute Gasteiger partial charge is 0.481 e. The molecule has 1 rings (SSSR count). The Balaban J connectivity index is 2.88. The van der Waals surface area contributed by atoms with E-state index in [0.717, 1.165) is 12.1 Å². The molecule has 0 fully saturated rings. The average molecular weight is 322 g/mol. The summed E-state index contributed by atoms with van der Waals surface area (Å²) in [5, 5.41) is 10.7. The lowest BCUT2D eigenvalue weighted by atomic mass is 10.1. The van der Waals surface area contributed by atoms with E-state index in [1.54, 1.807) is 0 Å². The Hall–Kier alpha value is -1.50. The summed E-state index contributed by atoms with van der Waals surface area (Å²) in [5.74, 6) is -4.12. The molecule has 0 saturated heterocycles. The molecule has 4 nitrogen and oxygen atoms in total. The number of aliphatic carboxylic acids is 1. The highest BCUT2D eigenvalue weighted by Crippen LogP contribution is 2.19. The summed E-state index contributed by atoms with van der Waals surface area (Å²) >= 11 is 2.89. The van der Waals surface area contributed by atoms with Gasteiger partial charge in [-0.1, -0.05) is 15.9 Å². The molecule has 7 heteroatoms. The van der Waals surface area contributed by atoms with E-state index in [1.807, 2.05) is 0 Å². The molecule has 0 aliphatic carbocycles. The summed E-state index contributed by atoms with van der Waals surface area (Å²) < 4.78 is 27.0. The van der Waals surface area contributed by atoms with E-state index in [4.69, 9.17) is 5.11 Å². The second-order valence-electron chi connectivity index (χ2n) is 3.72. The van der Waals surface area contributed by atoms with Crippen molar-refractivity contribution in [1.82, 2.24) is 5.32 Å². The highest BCUT2D eigenvalue weighted by molar-refractivity contribution is 9.10. The highest BCUT2D eigenvalue weighted by Gasteiger charge is 2.20. The van der Waals surface area contributed by atoms with Gasteiger partial charge in [-0.2, -0.15) is 0 Å². The standard InChI is InChI=1S/C11H10BrF2NO3/c1-5(2-9(16)17)15-11(18)10-7(13)3-6(12)4-8(10)14/h3-5H,2H2,1H3,(H,15,18)(H,16,17). The van der Waals surface area contributed by atoms with Crippen LogP contribution >= 0.6 is 15.9 Å². The van der Waals surface area contributed by atoms with E-state index in [1.165, 1.54) is 6.92 Å². The Morgan fingerprint density at radius 3 is 2.33 bits per heavy atom. The van der Waals surface area contributed by atoms with Crippen molar-refractivity contribution in [3.8, 4) is 0 Å². The first-order chi connectivity index (χ1) is 8.31. The predicted molar refractivity (Wildman–Crippen MR) is 63.2 cm³/mol. The van der Waals surface area contributed by atoms with Crippen LogP contribution in [0.2, 0.25) is 0 Å². The minimum absolute atomic E-state index is 0.174. The maximum atomic E-state index is 13.4. The van der Waals surface area contributed by atoms with Gasteiger partial charge in [0.1, 0.15) is 17.2 Å². The summed E-state index contributed by atoms with van der Waals surface area (Å²) in [6.07, 6.45) is -0.328. The SMILES string of the molecule is CC(CC(=O)O)NC(=O)c1c(F)cc(Br)cc1F. The number of carbonyl (C=O) groups excluding carboxylic acids is 1. The summed E-state index contributed by atoms with van der Waals surface area (Å²) in [6.45, 7) is 1.43. The van der Waals surface area contributed by atoms with Crippen LogP contribution in [0.15, 0.2) is 16.6 Å². The number of hydrogen-bond donors (Lipinski definition) is 2. The van der Waals surface area contributed by atoms with Crippen molar-refractivity contribution in [1.29, 1.82) is 0 Å². The summed E-state index contributed by atoms with van der Waals surface area (Å²) in [5.41, 5.74) is -0.726. The number of carbonyl (C=O) groups is 2. The van der Waals surface area contributed by atoms with E-state index in [0.29, 0.717) is 0 Å². The second-order valence-corrected chi connectivity index (χ2v) is 4.63. The molecule has 1 atom stereocenters. The number of rotatable bonds is 4. The van der Waals surface area contributed by atoms with Crippen molar-refractivity contribution < 1.29 is 23.5 Å². The van der Waals surface area contributed by atoms with Crippen LogP contribution in [0.3, 0.4) is 0 Å². The van der Waals surface area contributed by atoms with E-state index < -0.39 is 35.1 Å². The van der Waals surface area contributed by atoms with Gasteiger partial charge < -0.3 is 10.4 Å². The third-order valence-corrected chi connectivity index (χ3v) is 2.55. The van der Waals surface area contributed by atoms with Gasteiger partial charge >= 0.3 is 5.97 Å². The van der Waals surface area contributed by atoms with Crippen LogP contribution < -0.4 is 5.32 Å². The molecule has 1 amide bonds. The molecule has 0 heterocycles. The van der Waals surface area contributed by atoms with Crippen LogP contribution in [0.5, 0.6) is 0 Å². The zero-order valence-electron chi connectivity index (χ0n) is 9.34. The van der Waals surface area contributed by atoms with Gasteiger partial charge in [-0.15, -0.1) is 0 Å². The van der Waals surface area contributed by atoms with Crippen LogP contribution in [-0.4, -0.2) is 23.0 Å². The number of nitrogens with one attached hydrogen (secondary N) is 1. The lowest BCUT2D eigenvalue weighted by molar-refractivity contribution is -0.137. The monoisotopic (exact) mass is 321 g/mol. The Kier molecular flexibility index (Phi) is 4.77. The molecule has 0 aliphatic heterocycles. The molecule has 2 N–H and O–H groups in total. The quantitative estimate of drug-likeness (QED) is 0.894. The van der Waals surface area contributed by atoms with Crippen LogP contribution in [0.1, 0.15) is 23.7 Å². The summed E-state index contributed by atoms with van der Waals surface area (Å²) in [7, 11) is 0. The van der Waals surface area contributed by atoms with Crippen molar-refractivity contribution in [2.45, 2.75) is 19.4 Å². The zero-order valence-corrected chi connectivity index (χ0v) is 10.9. The molecule has 0 spiro atoms. The first-order valence-electron chi connectivity index (χ1n) is 4.98. The van der Waals surface area contributed by atoms with Crippen LogP contribution in [0.25, 0.3) is 0 Å². The van der Waals surface area contributed by atoms with Crippen LogP contribution in [-0.2, 0) is 4.79 Å². The fourth-order valence-electron chi connectivity index (χ4n) is 1.37. The molecule has 1 aromatic rings. The average Bonchev–Trinajstić information content (AvgIpc) is 2.12. The van der Waals surface area contributed by atoms with Crippen molar-refractivity contribution >= 4 is 27.8 Å². The molecule has 0 radical (unpaired) electrons. The van der Waals surface area contributed by atoms with Gasteiger partial charge in [0.25, 0.3) is 5.91 Å². The predicted octanol–water partition coefficient (Wildman–Crippen LogP) is 2.32. The molecule has 1 aromatic carbocycles. The Labute approximate surface area is 110 Å². The summed E-state index contributed by atoms with van der Waals surface area (Å²) in [6, 6.07) is 1.19. The molecule has 1 unspecified atom stereocenters. The summed E-state index contributed by atoms with van der Waals surface area (Å²) in [4.78, 5) is 22.0. The van der Waals surface area contributed by atoms with Crippen molar-refractivity contribution in [2.75, 3.05) is 0 Å². The van der Waals surface area contributed by atoms with Gasteiger partial charge in [-0.25, -0.2) is 8.78 Å². The molecule has 0 saturated carbocycles. The van der Waals surface area contributed by atoms with Gasteiger partial charge in [0, 0.05) is 10.5 Å². The number of benzene rings is 1. The normalized spacial score (nSPS) is 12.0. The van der Waals surface area contributed by atoms with Crippen molar-refractivity contribution in [3.05, 3.63) is 33.8 Å². The first-order valence-corrected chi connectivity index (χ1v) is 5.77. The third kappa shape index (κ3) is 3.76. The third-order valence-electron chi connectivity index (χ3n) is 2.09. The molecular weight excluding hydrogens is 312 g/mol. The lowest BCUT2D eigenvalue weighted by Crippen LogP contribution is -2.35. The molecular formula is C11H10BrF2NO3. The number of carboxylic acid groups (broad SMARTS) is 1. The fourth-order valence-corrected chi connectivity index (χ4v) is 1.77. The Bertz CT molecular complexity index is 470. The molecule has 98 valence electrons. The van der Waals surface area contributed by atoms with Gasteiger partial charge in [0.2, 0.25) is 0 Å². The first kappa shape index (κ1) is 14.6. The van der Waals surface area contributed by atoms with Crippen molar-refractivity contribution in [2.24, 2.45) is 0 Å². The molecule has 0 aromatic heterocycles. The van der Waals surface area contributed by atoms with E-state index in [9.17, 15) is 18.4 Å². The van der Waals surface area contributed by atoms with Gasteiger partial charge in [-0.3, -0.25) is 9.59 Å². The lowest BCUT2D eigenvalue weighted by Gasteiger charge is -2.12.